The van der Waals surface area contributed by atoms with Gasteiger partial charge in [0.05, 0.1) is 50.8 Å². The van der Waals surface area contributed by atoms with Crippen LogP contribution in [-0.2, 0) is 20.7 Å². The third kappa shape index (κ3) is 12.1. The van der Waals surface area contributed by atoms with E-state index in [1.807, 2.05) is 0 Å². The molecule has 0 atom stereocenters. The Morgan fingerprint density at radius 1 is 0.652 bits per heavy atom. The van der Waals surface area contributed by atoms with Crippen LogP contribution in [-0.4, -0.2) is 69.6 Å². The average molecular weight is 637 g/mol. The van der Waals surface area contributed by atoms with Gasteiger partial charge in [0.25, 0.3) is 11.8 Å². The minimum atomic E-state index is -1.08. The Kier molecular flexibility index (Phi) is 15.4. The summed E-state index contributed by atoms with van der Waals surface area (Å²) in [4.78, 5) is 38.3. The number of aliphatic carboxylic acids is 1. The lowest BCUT2D eigenvalue weighted by molar-refractivity contribution is -0.136. The largest absolute Gasteiger partial charge is 0.494 e. The van der Waals surface area contributed by atoms with Crippen LogP contribution in [0, 0.1) is 0 Å². The number of hydrogen-bond donors (Lipinski definition) is 3. The molecule has 0 saturated carbocycles. The summed E-state index contributed by atoms with van der Waals surface area (Å²) >= 11 is 0. The lowest BCUT2D eigenvalue weighted by Crippen LogP contribution is -2.18. The molecular weight excluding hydrogens is 592 g/mol. The Bertz CT molecular complexity index is 1300. The van der Waals surface area contributed by atoms with Crippen LogP contribution in [0.3, 0.4) is 0 Å². The van der Waals surface area contributed by atoms with Gasteiger partial charge in [0.15, 0.2) is 5.75 Å². The molecule has 0 radical (unpaired) electrons. The van der Waals surface area contributed by atoms with Crippen molar-refractivity contribution in [2.24, 2.45) is 0 Å². The van der Waals surface area contributed by atoms with E-state index in [4.69, 9.17) is 23.7 Å². The van der Waals surface area contributed by atoms with Gasteiger partial charge in [-0.05, 0) is 79.1 Å². The smallest absolute Gasteiger partial charge is 0.307 e. The number of methoxy groups -OCH3 is 1. The number of nitrogens with one attached hydrogen (secondary N) is 2. The monoisotopic (exact) mass is 636 g/mol. The highest BCUT2D eigenvalue weighted by atomic mass is 16.5. The van der Waals surface area contributed by atoms with E-state index in [0.717, 1.165) is 25.7 Å². The molecule has 3 N–H and O–H groups in total. The van der Waals surface area contributed by atoms with E-state index in [-0.39, 0.29) is 36.8 Å². The molecule has 0 aliphatic rings. The minimum absolute atomic E-state index is 0.0846. The standard InChI is InChI=1S/C35H44N2O9/c1-4-6-16-44-28-12-8-26(9-13-28)34(40)36-30-22-25(24-32(38)39)23-31(33(30)46-21-20-43-19-18-42-3)37-35(41)27-10-14-29(15-11-27)45-17-7-5-2/h8-15,22-23H,4-7,16-21,24H2,1-3H3,(H,36,40)(H,37,41)(H,38,39). The minimum Gasteiger partial charge on any atom is -0.494 e. The molecule has 11 heteroatoms. The van der Waals surface area contributed by atoms with Crippen molar-refractivity contribution in [3.05, 3.63) is 77.4 Å². The molecule has 0 spiro atoms. The average Bonchev–Trinajstić information content (AvgIpc) is 3.04. The van der Waals surface area contributed by atoms with E-state index in [0.29, 0.717) is 54.6 Å². The summed E-state index contributed by atoms with van der Waals surface area (Å²) < 4.78 is 28.0. The molecule has 3 aromatic carbocycles. The molecule has 2 amide bonds. The van der Waals surface area contributed by atoms with Crippen LogP contribution >= 0.6 is 0 Å². The quantitative estimate of drug-likeness (QED) is 0.116. The van der Waals surface area contributed by atoms with Gasteiger partial charge in [-0.2, -0.15) is 0 Å². The topological polar surface area (TPSA) is 142 Å². The fourth-order valence-electron chi connectivity index (χ4n) is 4.22. The Labute approximate surface area is 270 Å². The normalized spacial score (nSPS) is 10.7. The highest BCUT2D eigenvalue weighted by Crippen LogP contribution is 2.36. The molecule has 248 valence electrons. The van der Waals surface area contributed by atoms with Gasteiger partial charge < -0.3 is 39.4 Å². The summed E-state index contributed by atoms with van der Waals surface area (Å²) in [5, 5.41) is 15.2. The summed E-state index contributed by atoms with van der Waals surface area (Å²) in [6.07, 6.45) is 3.51. The Hall–Kier alpha value is -4.61. The molecule has 3 aromatic rings. The van der Waals surface area contributed by atoms with Gasteiger partial charge in [-0.1, -0.05) is 26.7 Å². The maximum absolute atomic E-state index is 13.3. The molecule has 0 fully saturated rings. The number of benzene rings is 3. The summed E-state index contributed by atoms with van der Waals surface area (Å²) in [5.74, 6) is -0.528. The van der Waals surface area contributed by atoms with E-state index >= 15 is 0 Å². The second-order valence-corrected chi connectivity index (χ2v) is 10.4. The number of carboxylic acids is 1. The van der Waals surface area contributed by atoms with Gasteiger partial charge in [-0.15, -0.1) is 0 Å². The number of rotatable bonds is 21. The maximum atomic E-state index is 13.3. The molecule has 0 aliphatic heterocycles. The van der Waals surface area contributed by atoms with Crippen LogP contribution in [0.25, 0.3) is 0 Å². The van der Waals surface area contributed by atoms with E-state index in [9.17, 15) is 19.5 Å². The molecule has 0 aliphatic carbocycles. The first-order valence-electron chi connectivity index (χ1n) is 15.5. The van der Waals surface area contributed by atoms with E-state index < -0.39 is 17.8 Å². The fourth-order valence-corrected chi connectivity index (χ4v) is 4.22. The van der Waals surface area contributed by atoms with Crippen molar-refractivity contribution in [3.63, 3.8) is 0 Å². The van der Waals surface area contributed by atoms with E-state index in [1.165, 1.54) is 12.1 Å². The Morgan fingerprint density at radius 3 is 1.57 bits per heavy atom. The van der Waals surface area contributed by atoms with E-state index in [2.05, 4.69) is 24.5 Å². The first kappa shape index (κ1) is 35.9. The Balaban J connectivity index is 1.89. The van der Waals surface area contributed by atoms with Crippen molar-refractivity contribution < 1.29 is 43.2 Å². The number of carbonyl (C=O) groups is 3. The molecule has 0 heterocycles. The highest BCUT2D eigenvalue weighted by molar-refractivity contribution is 6.08. The molecule has 0 bridgehead atoms. The number of anilines is 2. The van der Waals surface area contributed by atoms with Gasteiger partial charge in [0, 0.05) is 18.2 Å². The van der Waals surface area contributed by atoms with Crippen molar-refractivity contribution in [2.75, 3.05) is 57.4 Å². The molecule has 0 aromatic heterocycles. The molecule has 11 nitrogen and oxygen atoms in total. The predicted molar refractivity (Wildman–Crippen MR) is 176 cm³/mol. The summed E-state index contributed by atoms with van der Waals surface area (Å²) in [6, 6.07) is 16.5. The van der Waals surface area contributed by atoms with Crippen LogP contribution in [0.5, 0.6) is 17.2 Å². The molecule has 0 saturated heterocycles. The van der Waals surface area contributed by atoms with Crippen LogP contribution in [0.15, 0.2) is 60.7 Å². The maximum Gasteiger partial charge on any atom is 0.307 e. The molecule has 0 unspecified atom stereocenters. The van der Waals surface area contributed by atoms with Crippen LogP contribution in [0.4, 0.5) is 11.4 Å². The summed E-state index contributed by atoms with van der Waals surface area (Å²) in [5.41, 5.74) is 1.44. The third-order valence-electron chi connectivity index (χ3n) is 6.67. The number of carbonyl (C=O) groups excluding carboxylic acids is 2. The van der Waals surface area contributed by atoms with Crippen molar-refractivity contribution >= 4 is 29.2 Å². The van der Waals surface area contributed by atoms with Crippen molar-refractivity contribution in [1.29, 1.82) is 0 Å². The molecule has 46 heavy (non-hydrogen) atoms. The van der Waals surface area contributed by atoms with Gasteiger partial charge in [0.2, 0.25) is 0 Å². The van der Waals surface area contributed by atoms with Gasteiger partial charge in [-0.3, -0.25) is 14.4 Å². The van der Waals surface area contributed by atoms with Crippen LogP contribution < -0.4 is 24.8 Å². The number of unbranched alkanes of at least 4 members (excludes halogenated alkanes) is 2. The predicted octanol–water partition coefficient (Wildman–Crippen LogP) is 6.22. The van der Waals surface area contributed by atoms with Crippen LogP contribution in [0.1, 0.15) is 65.8 Å². The first-order chi connectivity index (χ1) is 22.3. The SMILES string of the molecule is CCCCOc1ccc(C(=O)Nc2cc(CC(=O)O)cc(NC(=O)c3ccc(OCCCC)cc3)c2OCCOCCOC)cc1. The van der Waals surface area contributed by atoms with Crippen molar-refractivity contribution in [3.8, 4) is 17.2 Å². The zero-order valence-corrected chi connectivity index (χ0v) is 26.8. The first-order valence-corrected chi connectivity index (χ1v) is 15.5. The number of ether oxygens (including phenoxy) is 5. The Morgan fingerprint density at radius 2 is 1.13 bits per heavy atom. The second kappa shape index (κ2) is 19.7. The summed E-state index contributed by atoms with van der Waals surface area (Å²) in [6.45, 7) is 6.39. The lowest BCUT2D eigenvalue weighted by atomic mass is 10.1. The number of carboxylic acid groups (broad SMARTS) is 1. The zero-order chi connectivity index (χ0) is 33.1. The number of amides is 2. The number of hydrogen-bond acceptors (Lipinski definition) is 8. The zero-order valence-electron chi connectivity index (χ0n) is 26.8. The summed E-state index contributed by atoms with van der Waals surface area (Å²) in [7, 11) is 1.57. The van der Waals surface area contributed by atoms with Gasteiger partial charge in [0.1, 0.15) is 18.1 Å². The van der Waals surface area contributed by atoms with Crippen LogP contribution in [0.2, 0.25) is 0 Å². The molecule has 3 rings (SSSR count). The lowest BCUT2D eigenvalue weighted by Gasteiger charge is -2.19. The second-order valence-electron chi connectivity index (χ2n) is 10.4. The van der Waals surface area contributed by atoms with E-state index in [1.54, 1.807) is 55.6 Å². The van der Waals surface area contributed by atoms with Gasteiger partial charge in [-0.25, -0.2) is 0 Å². The van der Waals surface area contributed by atoms with Gasteiger partial charge >= 0.3 is 5.97 Å². The van der Waals surface area contributed by atoms with Crippen molar-refractivity contribution in [2.45, 2.75) is 46.0 Å². The molecular formula is C35H44N2O9. The van der Waals surface area contributed by atoms with Crippen molar-refractivity contribution in [1.82, 2.24) is 0 Å². The third-order valence-corrected chi connectivity index (χ3v) is 6.67. The highest BCUT2D eigenvalue weighted by Gasteiger charge is 2.20. The fraction of sp³-hybridized carbons (Fsp3) is 0.400.